The molecule has 2 N–H and O–H groups in total. The average Bonchev–Trinajstić information content (AvgIpc) is 3.50. The van der Waals surface area contributed by atoms with E-state index in [1.54, 1.807) is 4.90 Å². The molecule has 8 heteroatoms. The van der Waals surface area contributed by atoms with Crippen LogP contribution in [-0.2, 0) is 19.1 Å². The Kier molecular flexibility index (Phi) is 6.86. The number of carbonyl (C=O) groups excluding carboxylic acids is 3. The number of allylic oxidation sites excluding steroid dienone is 1. The van der Waals surface area contributed by atoms with Crippen molar-refractivity contribution < 1.29 is 23.5 Å². The van der Waals surface area contributed by atoms with E-state index in [1.807, 2.05) is 19.1 Å². The van der Waals surface area contributed by atoms with E-state index in [0.29, 0.717) is 12.2 Å². The summed E-state index contributed by atoms with van der Waals surface area (Å²) in [6.07, 6.45) is 16.3. The molecule has 3 fully saturated rings. The number of rotatable bonds is 7. The number of hydrogen-bond donors (Lipinski definition) is 2. The monoisotopic (exact) mass is 535 g/mol. The van der Waals surface area contributed by atoms with Crippen LogP contribution in [0.5, 0.6) is 0 Å². The van der Waals surface area contributed by atoms with E-state index in [2.05, 4.69) is 16.7 Å². The molecular formula is C31H38FN3O4. The molecule has 7 nitrogen and oxygen atoms in total. The van der Waals surface area contributed by atoms with Crippen LogP contribution in [0.4, 0.5) is 10.1 Å². The Morgan fingerprint density at radius 2 is 1.82 bits per heavy atom. The van der Waals surface area contributed by atoms with E-state index in [0.717, 1.165) is 51.4 Å². The van der Waals surface area contributed by atoms with E-state index in [-0.39, 0.29) is 23.8 Å². The fourth-order valence-corrected chi connectivity index (χ4v) is 7.55. The predicted octanol–water partition coefficient (Wildman–Crippen LogP) is 4.64. The van der Waals surface area contributed by atoms with Crippen LogP contribution in [0.25, 0.3) is 0 Å². The fraction of sp³-hybridized carbons (Fsp3) is 0.581. The van der Waals surface area contributed by atoms with Crippen LogP contribution in [-0.4, -0.2) is 52.5 Å². The van der Waals surface area contributed by atoms with Crippen molar-refractivity contribution in [3.63, 3.8) is 0 Å². The lowest BCUT2D eigenvalue weighted by atomic mass is 9.70. The van der Waals surface area contributed by atoms with Crippen molar-refractivity contribution in [1.29, 1.82) is 0 Å². The van der Waals surface area contributed by atoms with E-state index < -0.39 is 34.9 Å². The zero-order valence-electron chi connectivity index (χ0n) is 22.6. The Morgan fingerprint density at radius 3 is 2.54 bits per heavy atom. The summed E-state index contributed by atoms with van der Waals surface area (Å²) in [4.78, 5) is 43.5. The molecule has 3 heterocycles. The molecule has 1 saturated carbocycles. The summed E-state index contributed by atoms with van der Waals surface area (Å²) in [5.41, 5.74) is -0.445. The van der Waals surface area contributed by atoms with Gasteiger partial charge in [-0.2, -0.15) is 0 Å². The first-order valence-corrected chi connectivity index (χ1v) is 14.6. The number of likely N-dealkylation sites (tertiary alicyclic amines) is 1. The van der Waals surface area contributed by atoms with Gasteiger partial charge in [-0.3, -0.25) is 14.4 Å². The fourth-order valence-electron chi connectivity index (χ4n) is 7.55. The largest absolute Gasteiger partial charge is 0.356 e. The van der Waals surface area contributed by atoms with Gasteiger partial charge in [0, 0.05) is 18.3 Å². The van der Waals surface area contributed by atoms with Crippen molar-refractivity contribution in [2.45, 2.75) is 94.4 Å². The molecule has 1 aromatic carbocycles. The number of benzene rings is 1. The predicted molar refractivity (Wildman–Crippen MR) is 145 cm³/mol. The Balaban J connectivity index is 1.30. The number of carbonyl (C=O) groups is 3. The Morgan fingerprint density at radius 1 is 1.05 bits per heavy atom. The van der Waals surface area contributed by atoms with Crippen LogP contribution in [0, 0.1) is 17.7 Å². The third kappa shape index (κ3) is 4.60. The second kappa shape index (κ2) is 10.2. The SMILES string of the molecule is C[C@@]12C=C[C@]3(O1)[C@H](C(=O)N(CCC1=CCCCC1)[C@H]3C(=O)NC1CCCCC1)[C@@H]2C(=O)Nc1ccc(F)cc1. The highest BCUT2D eigenvalue weighted by Gasteiger charge is 2.76. The minimum Gasteiger partial charge on any atom is -0.356 e. The highest BCUT2D eigenvalue weighted by atomic mass is 19.1. The third-order valence-corrected chi connectivity index (χ3v) is 9.45. The minimum atomic E-state index is -1.20. The minimum absolute atomic E-state index is 0.0930. The topological polar surface area (TPSA) is 87.7 Å². The van der Waals surface area contributed by atoms with Gasteiger partial charge >= 0.3 is 0 Å². The molecule has 0 aromatic heterocycles. The molecule has 1 spiro atoms. The number of nitrogens with zero attached hydrogens (tertiary/aromatic N) is 1. The van der Waals surface area contributed by atoms with Crippen molar-refractivity contribution in [2.24, 2.45) is 11.8 Å². The molecule has 1 aromatic rings. The quantitative estimate of drug-likeness (QED) is 0.498. The Hall–Kier alpha value is -3.00. The Bertz CT molecular complexity index is 1210. The summed E-state index contributed by atoms with van der Waals surface area (Å²) in [7, 11) is 0. The highest BCUT2D eigenvalue weighted by Crippen LogP contribution is 2.60. The summed E-state index contributed by atoms with van der Waals surface area (Å²) >= 11 is 0. The van der Waals surface area contributed by atoms with Crippen molar-refractivity contribution in [1.82, 2.24) is 10.2 Å². The molecule has 208 valence electrons. The normalized spacial score (nSPS) is 33.7. The van der Waals surface area contributed by atoms with Gasteiger partial charge in [0.05, 0.1) is 17.4 Å². The first kappa shape index (κ1) is 26.2. The van der Waals surface area contributed by atoms with Crippen molar-refractivity contribution in [3.05, 3.63) is 53.9 Å². The summed E-state index contributed by atoms with van der Waals surface area (Å²) in [6.45, 7) is 2.23. The summed E-state index contributed by atoms with van der Waals surface area (Å²) in [5, 5.41) is 6.10. The van der Waals surface area contributed by atoms with Crippen LogP contribution in [0.3, 0.4) is 0 Å². The van der Waals surface area contributed by atoms with E-state index >= 15 is 0 Å². The lowest BCUT2D eigenvalue weighted by molar-refractivity contribution is -0.144. The van der Waals surface area contributed by atoms with Gasteiger partial charge in [0.25, 0.3) is 0 Å². The molecule has 2 bridgehead atoms. The van der Waals surface area contributed by atoms with Gasteiger partial charge in [-0.05, 0) is 76.1 Å². The maximum atomic E-state index is 14.2. The van der Waals surface area contributed by atoms with Gasteiger partial charge in [-0.25, -0.2) is 4.39 Å². The highest BCUT2D eigenvalue weighted by molar-refractivity contribution is 6.03. The summed E-state index contributed by atoms with van der Waals surface area (Å²) in [6, 6.07) is 4.82. The maximum Gasteiger partial charge on any atom is 0.246 e. The van der Waals surface area contributed by atoms with Gasteiger partial charge in [-0.15, -0.1) is 0 Å². The van der Waals surface area contributed by atoms with E-state index in [4.69, 9.17) is 4.74 Å². The molecule has 0 radical (unpaired) electrons. The molecular weight excluding hydrogens is 497 g/mol. The lowest BCUT2D eigenvalue weighted by Gasteiger charge is -2.35. The number of anilines is 1. The van der Waals surface area contributed by atoms with E-state index in [9.17, 15) is 18.8 Å². The van der Waals surface area contributed by atoms with Crippen molar-refractivity contribution >= 4 is 23.4 Å². The Labute approximate surface area is 229 Å². The molecule has 2 aliphatic carbocycles. The molecule has 5 atom stereocenters. The number of nitrogens with one attached hydrogen (secondary N) is 2. The van der Waals surface area contributed by atoms with Gasteiger partial charge in [0.15, 0.2) is 0 Å². The van der Waals surface area contributed by atoms with Crippen LogP contribution >= 0.6 is 0 Å². The number of amides is 3. The van der Waals surface area contributed by atoms with Crippen LogP contribution < -0.4 is 10.6 Å². The molecule has 5 aliphatic rings. The first-order valence-electron chi connectivity index (χ1n) is 14.6. The third-order valence-electron chi connectivity index (χ3n) is 9.45. The first-order chi connectivity index (χ1) is 18.8. The van der Waals surface area contributed by atoms with Crippen LogP contribution in [0.15, 0.2) is 48.1 Å². The zero-order valence-corrected chi connectivity index (χ0v) is 22.6. The van der Waals surface area contributed by atoms with Gasteiger partial charge < -0.3 is 20.3 Å². The second-order valence-corrected chi connectivity index (χ2v) is 12.1. The van der Waals surface area contributed by atoms with E-state index in [1.165, 1.54) is 42.7 Å². The van der Waals surface area contributed by atoms with Crippen LogP contribution in [0.1, 0.15) is 71.1 Å². The van der Waals surface area contributed by atoms with Crippen molar-refractivity contribution in [3.8, 4) is 0 Å². The molecule has 39 heavy (non-hydrogen) atoms. The van der Waals surface area contributed by atoms with Gasteiger partial charge in [-0.1, -0.05) is 43.1 Å². The molecule has 0 unspecified atom stereocenters. The number of hydrogen-bond acceptors (Lipinski definition) is 4. The molecule has 2 saturated heterocycles. The molecule has 3 amide bonds. The van der Waals surface area contributed by atoms with Crippen LogP contribution in [0.2, 0.25) is 0 Å². The number of fused-ring (bicyclic) bond motifs is 1. The molecule has 3 aliphatic heterocycles. The number of halogens is 1. The number of ether oxygens (including phenoxy) is 1. The summed E-state index contributed by atoms with van der Waals surface area (Å²) < 4.78 is 20.0. The standard InChI is InChI=1S/C31H38FN3O4/c1-30-17-18-31(39-30)25(24(30)27(36)33-23-14-12-21(32)13-15-23)29(38)35(19-16-20-8-4-2-5-9-20)26(31)28(37)34-22-10-6-3-7-11-22/h8,12-15,17-18,22,24-26H,2-7,9-11,16,19H2,1H3,(H,33,36)(H,34,37)/t24-,25+,26+,30+,31+/m1/s1. The van der Waals surface area contributed by atoms with Crippen molar-refractivity contribution in [2.75, 3.05) is 11.9 Å². The lowest BCUT2D eigenvalue weighted by Crippen LogP contribution is -2.56. The second-order valence-electron chi connectivity index (χ2n) is 12.1. The smallest absolute Gasteiger partial charge is 0.246 e. The summed E-state index contributed by atoms with van der Waals surface area (Å²) in [5.74, 6) is -2.78. The van der Waals surface area contributed by atoms with Gasteiger partial charge in [0.1, 0.15) is 17.5 Å². The average molecular weight is 536 g/mol. The zero-order chi connectivity index (χ0) is 27.2. The maximum absolute atomic E-state index is 14.2. The molecule has 6 rings (SSSR count). The van der Waals surface area contributed by atoms with Gasteiger partial charge in [0.2, 0.25) is 17.7 Å².